The number of hydrogen-bond acceptors (Lipinski definition) is 2. The standard InChI is InChI=1S/C2H2F4O3S/c3-1(4)9-2(5,6)10(7)8/h1H,(H,7,8). The van der Waals surface area contributed by atoms with Crippen molar-refractivity contribution >= 4 is 11.1 Å². The summed E-state index contributed by atoms with van der Waals surface area (Å²) in [5, 5.41) is 0. The molecule has 0 aliphatic carbocycles. The zero-order valence-electron chi connectivity index (χ0n) is 4.26. The Balaban J connectivity index is 4.00. The van der Waals surface area contributed by atoms with Crippen molar-refractivity contribution in [2.24, 2.45) is 0 Å². The Hall–Kier alpha value is -0.210. The Morgan fingerprint density at radius 1 is 1.50 bits per heavy atom. The Morgan fingerprint density at radius 2 is 1.90 bits per heavy atom. The van der Waals surface area contributed by atoms with Crippen molar-refractivity contribution in [3.63, 3.8) is 0 Å². The molecule has 10 heavy (non-hydrogen) atoms. The third-order valence-electron chi connectivity index (χ3n) is 0.430. The molecule has 0 spiro atoms. The molecule has 0 fully saturated rings. The maximum Gasteiger partial charge on any atom is 0.466 e. The van der Waals surface area contributed by atoms with Crippen molar-refractivity contribution in [2.45, 2.75) is 12.1 Å². The van der Waals surface area contributed by atoms with Gasteiger partial charge in [-0.2, -0.15) is 17.6 Å². The molecule has 0 rings (SSSR count). The zero-order valence-corrected chi connectivity index (χ0v) is 5.08. The molecule has 1 unspecified atom stereocenters. The summed E-state index contributed by atoms with van der Waals surface area (Å²) in [6.45, 7) is -3.77. The van der Waals surface area contributed by atoms with Gasteiger partial charge in [-0.1, -0.05) is 0 Å². The van der Waals surface area contributed by atoms with Crippen LogP contribution in [-0.4, -0.2) is 20.8 Å². The summed E-state index contributed by atoms with van der Waals surface area (Å²) in [5.74, 6) is 0. The van der Waals surface area contributed by atoms with E-state index in [0.29, 0.717) is 0 Å². The summed E-state index contributed by atoms with van der Waals surface area (Å²) < 4.78 is 64.5. The maximum atomic E-state index is 11.5. The fraction of sp³-hybridized carbons (Fsp3) is 1.00. The van der Waals surface area contributed by atoms with E-state index in [2.05, 4.69) is 4.74 Å². The lowest BCUT2D eigenvalue weighted by Crippen LogP contribution is -2.28. The van der Waals surface area contributed by atoms with Crippen LogP contribution in [0.5, 0.6) is 0 Å². The molecule has 0 bridgehead atoms. The second-order valence-electron chi connectivity index (χ2n) is 1.09. The second-order valence-corrected chi connectivity index (χ2v) is 2.06. The van der Waals surface area contributed by atoms with Crippen LogP contribution in [0.4, 0.5) is 17.6 Å². The van der Waals surface area contributed by atoms with Gasteiger partial charge in [0.15, 0.2) is 0 Å². The molecule has 0 aromatic heterocycles. The lowest BCUT2D eigenvalue weighted by Gasteiger charge is -2.10. The van der Waals surface area contributed by atoms with Gasteiger partial charge < -0.3 is 0 Å². The molecule has 8 heteroatoms. The van der Waals surface area contributed by atoms with Crippen molar-refractivity contribution in [1.82, 2.24) is 0 Å². The average Bonchev–Trinajstić information content (AvgIpc) is 1.60. The predicted octanol–water partition coefficient (Wildman–Crippen LogP) is 0.998. The molecule has 0 amide bonds. The zero-order chi connectivity index (χ0) is 8.36. The van der Waals surface area contributed by atoms with Gasteiger partial charge in [0.25, 0.3) is 11.1 Å². The van der Waals surface area contributed by atoms with Crippen LogP contribution >= 0.6 is 0 Å². The molecule has 1 N–H and O–H groups in total. The van der Waals surface area contributed by atoms with Crippen LogP contribution in [0, 0.1) is 0 Å². The van der Waals surface area contributed by atoms with Gasteiger partial charge in [0.2, 0.25) is 0 Å². The topological polar surface area (TPSA) is 46.5 Å². The van der Waals surface area contributed by atoms with Crippen LogP contribution in [0.25, 0.3) is 0 Å². The molecule has 0 aliphatic heterocycles. The van der Waals surface area contributed by atoms with Crippen LogP contribution < -0.4 is 0 Å². The van der Waals surface area contributed by atoms with Crippen LogP contribution in [0.2, 0.25) is 0 Å². The smallest absolute Gasteiger partial charge is 0.299 e. The van der Waals surface area contributed by atoms with Gasteiger partial charge in [0.05, 0.1) is 0 Å². The van der Waals surface area contributed by atoms with Crippen molar-refractivity contribution in [3.05, 3.63) is 0 Å². The van der Waals surface area contributed by atoms with Crippen molar-refractivity contribution in [2.75, 3.05) is 0 Å². The molecule has 1 atom stereocenters. The Morgan fingerprint density at radius 3 is 2.00 bits per heavy atom. The van der Waals surface area contributed by atoms with Crippen molar-refractivity contribution in [3.8, 4) is 0 Å². The van der Waals surface area contributed by atoms with Crippen LogP contribution in [0.1, 0.15) is 0 Å². The summed E-state index contributed by atoms with van der Waals surface area (Å²) in [6.07, 6.45) is 0. The monoisotopic (exact) mass is 182 g/mol. The molecule has 0 saturated heterocycles. The Kier molecular flexibility index (Phi) is 3.19. The van der Waals surface area contributed by atoms with Gasteiger partial charge in [-0.25, -0.2) is 8.95 Å². The largest absolute Gasteiger partial charge is 0.466 e. The first-order chi connectivity index (χ1) is 4.36. The third-order valence-corrected chi connectivity index (χ3v) is 0.932. The number of alkyl halides is 4. The summed E-state index contributed by atoms with van der Waals surface area (Å²) in [4.78, 5) is 0. The van der Waals surface area contributed by atoms with E-state index in [-0.39, 0.29) is 0 Å². The maximum absolute atomic E-state index is 11.5. The molecule has 0 radical (unpaired) electrons. The molecule has 3 nitrogen and oxygen atoms in total. The van der Waals surface area contributed by atoms with Crippen LogP contribution in [0.15, 0.2) is 0 Å². The first kappa shape index (κ1) is 9.79. The van der Waals surface area contributed by atoms with E-state index in [4.69, 9.17) is 4.55 Å². The number of hydrogen-bond donors (Lipinski definition) is 1. The van der Waals surface area contributed by atoms with Crippen molar-refractivity contribution in [1.29, 1.82) is 0 Å². The molecule has 62 valence electrons. The van der Waals surface area contributed by atoms with Gasteiger partial charge in [-0.05, 0) is 0 Å². The van der Waals surface area contributed by atoms with Crippen molar-refractivity contribution < 1.29 is 31.1 Å². The molecular weight excluding hydrogens is 180 g/mol. The third kappa shape index (κ3) is 3.08. The van der Waals surface area contributed by atoms with Gasteiger partial charge in [0, 0.05) is 0 Å². The first-order valence-electron chi connectivity index (χ1n) is 1.81. The van der Waals surface area contributed by atoms with Gasteiger partial charge >= 0.3 is 12.1 Å². The predicted molar refractivity (Wildman–Crippen MR) is 22.8 cm³/mol. The summed E-state index contributed by atoms with van der Waals surface area (Å²) in [6, 6.07) is 0. The molecular formula is C2H2F4O3S. The lowest BCUT2D eigenvalue weighted by atomic mass is 11.3. The summed E-state index contributed by atoms with van der Waals surface area (Å²) in [7, 11) is 0. The van der Waals surface area contributed by atoms with E-state index in [9.17, 15) is 21.8 Å². The highest BCUT2D eigenvalue weighted by atomic mass is 32.2. The highest BCUT2D eigenvalue weighted by molar-refractivity contribution is 7.80. The fourth-order valence-corrected chi connectivity index (χ4v) is 0.300. The van der Waals surface area contributed by atoms with Gasteiger partial charge in [-0.3, -0.25) is 4.55 Å². The van der Waals surface area contributed by atoms with E-state index < -0.39 is 23.1 Å². The van der Waals surface area contributed by atoms with Gasteiger partial charge in [-0.15, -0.1) is 0 Å². The molecule has 0 aromatic rings. The minimum absolute atomic E-state index is 2.48. The lowest BCUT2D eigenvalue weighted by molar-refractivity contribution is -0.272. The van der Waals surface area contributed by atoms with Gasteiger partial charge in [0.1, 0.15) is 0 Å². The van der Waals surface area contributed by atoms with E-state index in [1.165, 1.54) is 0 Å². The van der Waals surface area contributed by atoms with E-state index in [1.54, 1.807) is 0 Å². The minimum Gasteiger partial charge on any atom is -0.299 e. The SMILES string of the molecule is O=S(O)C(F)(F)OC(F)F. The van der Waals surface area contributed by atoms with E-state index >= 15 is 0 Å². The molecule has 0 aromatic carbocycles. The summed E-state index contributed by atoms with van der Waals surface area (Å²) >= 11 is -3.73. The Labute approximate surface area is 55.3 Å². The van der Waals surface area contributed by atoms with E-state index in [0.717, 1.165) is 0 Å². The first-order valence-corrected chi connectivity index (χ1v) is 2.91. The highest BCUT2D eigenvalue weighted by Crippen LogP contribution is 2.21. The number of rotatable bonds is 3. The number of halogens is 4. The highest BCUT2D eigenvalue weighted by Gasteiger charge is 2.41. The molecule has 0 heterocycles. The normalized spacial score (nSPS) is 15.8. The molecule has 0 aliphatic rings. The quantitative estimate of drug-likeness (QED) is 0.523. The number of ether oxygens (including phenoxy) is 1. The molecule has 0 saturated carbocycles. The summed E-state index contributed by atoms with van der Waals surface area (Å²) in [5.41, 5.74) is -4.70. The van der Waals surface area contributed by atoms with Crippen LogP contribution in [0.3, 0.4) is 0 Å². The Bertz CT molecular complexity index is 136. The van der Waals surface area contributed by atoms with Crippen LogP contribution in [-0.2, 0) is 15.8 Å². The van der Waals surface area contributed by atoms with E-state index in [1.807, 2.05) is 0 Å². The second kappa shape index (κ2) is 3.26. The minimum atomic E-state index is -4.70. The average molecular weight is 182 g/mol. The fourth-order valence-electron chi connectivity index (χ4n) is 0.145.